The Hall–Kier alpha value is -5.53. The molecule has 8 heteroatoms. The van der Waals surface area contributed by atoms with Crippen molar-refractivity contribution in [2.75, 3.05) is 0 Å². The third-order valence-electron chi connectivity index (χ3n) is 9.10. The van der Waals surface area contributed by atoms with Gasteiger partial charge in [0.1, 0.15) is 17.2 Å². The molecule has 6 aromatic carbocycles. The summed E-state index contributed by atoms with van der Waals surface area (Å²) in [6.07, 6.45) is 2.02. The van der Waals surface area contributed by atoms with Crippen LogP contribution in [0.15, 0.2) is 150 Å². The zero-order valence-electron chi connectivity index (χ0n) is 29.2. The number of benzene rings is 6. The topological polar surface area (TPSA) is 43.9 Å². The fourth-order valence-electron chi connectivity index (χ4n) is 6.42. The van der Waals surface area contributed by atoms with Crippen molar-refractivity contribution >= 4 is 46.2 Å². The number of hydrogen-bond donors (Lipinski definition) is 0. The van der Waals surface area contributed by atoms with E-state index in [4.69, 9.17) is 9.40 Å². The van der Waals surface area contributed by atoms with Gasteiger partial charge in [-0.25, -0.2) is 8.78 Å². The largest absolute Gasteiger partial charge is 0.501 e. The first-order chi connectivity index (χ1) is 25.3. The number of pyridine rings is 1. The van der Waals surface area contributed by atoms with Crippen molar-refractivity contribution in [2.24, 2.45) is 0 Å². The molecule has 0 N–H and O–H groups in total. The van der Waals surface area contributed by atoms with Gasteiger partial charge in [-0.2, -0.15) is 0 Å². The van der Waals surface area contributed by atoms with E-state index < -0.39 is 19.7 Å². The van der Waals surface area contributed by atoms with Gasteiger partial charge in [0.15, 0.2) is 0 Å². The van der Waals surface area contributed by atoms with Gasteiger partial charge in [0.05, 0.1) is 36.1 Å². The first kappa shape index (κ1) is 35.9. The van der Waals surface area contributed by atoms with E-state index in [2.05, 4.69) is 53.5 Å². The van der Waals surface area contributed by atoms with Gasteiger partial charge < -0.3 is 14.0 Å². The molecule has 263 valence electrons. The summed E-state index contributed by atoms with van der Waals surface area (Å²) in [6, 6.07) is 49.6. The zero-order chi connectivity index (χ0) is 35.8. The van der Waals surface area contributed by atoms with Gasteiger partial charge in [-0.15, -0.1) is 54.1 Å². The molecule has 0 unspecified atom stereocenters. The first-order valence-corrected chi connectivity index (χ1v) is 20.5. The Morgan fingerprint density at radius 1 is 0.698 bits per heavy atom. The van der Waals surface area contributed by atoms with E-state index in [1.165, 1.54) is 23.4 Å². The summed E-state index contributed by atoms with van der Waals surface area (Å²) in [4.78, 5) is 9.46. The number of rotatable bonds is 5. The molecule has 0 atom stereocenters. The van der Waals surface area contributed by atoms with Crippen LogP contribution in [0.3, 0.4) is 0 Å². The van der Waals surface area contributed by atoms with E-state index >= 15 is 0 Å². The van der Waals surface area contributed by atoms with Crippen molar-refractivity contribution < 1.29 is 33.3 Å². The average molecular weight is 890 g/mol. The van der Waals surface area contributed by atoms with Crippen molar-refractivity contribution in [3.05, 3.63) is 169 Å². The van der Waals surface area contributed by atoms with E-state index in [0.29, 0.717) is 28.1 Å². The van der Waals surface area contributed by atoms with Crippen LogP contribution in [0.25, 0.3) is 72.4 Å². The second-order valence-electron chi connectivity index (χ2n) is 13.6. The Bertz CT molecular complexity index is 2670. The Labute approximate surface area is 321 Å². The molecule has 9 rings (SSSR count). The van der Waals surface area contributed by atoms with Gasteiger partial charge in [0, 0.05) is 37.4 Å². The second-order valence-corrected chi connectivity index (χ2v) is 18.6. The predicted octanol–water partition coefficient (Wildman–Crippen LogP) is 11.4. The van der Waals surface area contributed by atoms with E-state index in [1.807, 2.05) is 103 Å². The predicted molar refractivity (Wildman–Crippen MR) is 209 cm³/mol. The average Bonchev–Trinajstić information content (AvgIpc) is 3.74. The molecule has 9 aromatic rings. The monoisotopic (exact) mass is 890 g/mol. The third kappa shape index (κ3) is 7.01. The molecule has 0 aliphatic heterocycles. The van der Waals surface area contributed by atoms with Crippen LogP contribution >= 0.6 is 0 Å². The number of aromatic nitrogens is 3. The van der Waals surface area contributed by atoms with Crippen LogP contribution in [0, 0.1) is 23.8 Å². The summed E-state index contributed by atoms with van der Waals surface area (Å²) in [5, 5.41) is 3.13. The molecule has 0 aliphatic rings. The number of hydrogen-bond acceptors (Lipinski definition) is 3. The van der Waals surface area contributed by atoms with Gasteiger partial charge in [-0.1, -0.05) is 91.3 Å². The maximum absolute atomic E-state index is 14.4. The Morgan fingerprint density at radius 3 is 2.17 bits per heavy atom. The minimum atomic E-state index is -1.23. The standard InChI is InChI=1S/C31H17F2N2O.C14H16NSi.Ir/c32-24-12-7-13-25(33)29(24)19-16-17-21-22-10-6-11-23(30(22)36-28(21)18-19)31-34-26-14-4-5-15-27(26)35(31)20-8-2-1-3-9-20;1-16(2,3)13-9-10-14(15-11-13)12-7-5-4-6-8-12;/h1-10,12-18H;4-7,9-11H,1-3H3;/q2*-1;. The quantitative estimate of drug-likeness (QED) is 0.128. The molecule has 0 bridgehead atoms. The van der Waals surface area contributed by atoms with Gasteiger partial charge in [-0.05, 0) is 58.9 Å². The fourth-order valence-corrected chi connectivity index (χ4v) is 7.45. The van der Waals surface area contributed by atoms with E-state index in [-0.39, 0.29) is 25.7 Å². The van der Waals surface area contributed by atoms with Gasteiger partial charge in [0.2, 0.25) is 0 Å². The fraction of sp³-hybridized carbons (Fsp3) is 0.0667. The van der Waals surface area contributed by atoms with E-state index in [1.54, 1.807) is 12.1 Å². The van der Waals surface area contributed by atoms with Crippen LogP contribution in [-0.4, -0.2) is 22.6 Å². The van der Waals surface area contributed by atoms with Gasteiger partial charge in [0.25, 0.3) is 0 Å². The first-order valence-electron chi connectivity index (χ1n) is 17.0. The Morgan fingerprint density at radius 2 is 1.45 bits per heavy atom. The van der Waals surface area contributed by atoms with Crippen molar-refractivity contribution in [3.63, 3.8) is 0 Å². The number of imidazole rings is 1. The number of nitrogens with zero attached hydrogens (tertiary/aromatic N) is 3. The molecule has 0 saturated heterocycles. The molecule has 53 heavy (non-hydrogen) atoms. The summed E-state index contributed by atoms with van der Waals surface area (Å²) in [5.41, 5.74) is 7.07. The summed E-state index contributed by atoms with van der Waals surface area (Å²) < 4.78 is 37.3. The molecule has 4 nitrogen and oxygen atoms in total. The molecule has 0 spiro atoms. The maximum Gasteiger partial charge on any atom is 0.133 e. The number of fused-ring (bicyclic) bond motifs is 4. The van der Waals surface area contributed by atoms with Crippen LogP contribution in [-0.2, 0) is 20.1 Å². The smallest absolute Gasteiger partial charge is 0.133 e. The molecule has 0 aliphatic carbocycles. The molecule has 1 radical (unpaired) electrons. The minimum absolute atomic E-state index is 0. The van der Waals surface area contributed by atoms with Crippen molar-refractivity contribution in [3.8, 4) is 39.5 Å². The molecule has 3 heterocycles. The zero-order valence-corrected chi connectivity index (χ0v) is 32.6. The van der Waals surface area contributed by atoms with E-state index in [9.17, 15) is 8.78 Å². The van der Waals surface area contributed by atoms with Crippen molar-refractivity contribution in [1.29, 1.82) is 0 Å². The molecule has 0 saturated carbocycles. The summed E-state index contributed by atoms with van der Waals surface area (Å²) in [6.45, 7) is 7.00. The summed E-state index contributed by atoms with van der Waals surface area (Å²) in [7, 11) is -1.23. The number of halogens is 2. The number of para-hydroxylation sites is 3. The van der Waals surface area contributed by atoms with Crippen molar-refractivity contribution in [1.82, 2.24) is 14.5 Å². The van der Waals surface area contributed by atoms with Crippen LogP contribution in [0.2, 0.25) is 19.6 Å². The van der Waals surface area contributed by atoms with Gasteiger partial charge in [-0.3, -0.25) is 4.98 Å². The van der Waals surface area contributed by atoms with E-state index in [0.717, 1.165) is 38.8 Å². The third-order valence-corrected chi connectivity index (χ3v) is 11.1. The normalized spacial score (nSPS) is 11.3. The van der Waals surface area contributed by atoms with Crippen molar-refractivity contribution in [2.45, 2.75) is 19.6 Å². The molecular formula is C45H33F2IrN3OSi-2. The second kappa shape index (κ2) is 14.8. The molecule has 0 fully saturated rings. The Balaban J connectivity index is 0.000000216. The Kier molecular flexibility index (Phi) is 10.0. The molecule has 0 amide bonds. The number of furan rings is 1. The summed E-state index contributed by atoms with van der Waals surface area (Å²) >= 11 is 0. The summed E-state index contributed by atoms with van der Waals surface area (Å²) in [5.74, 6) is -0.528. The van der Waals surface area contributed by atoms with Gasteiger partial charge >= 0.3 is 0 Å². The van der Waals surface area contributed by atoms with Crippen LogP contribution in [0.5, 0.6) is 0 Å². The maximum atomic E-state index is 14.4. The molecule has 3 aromatic heterocycles. The van der Waals surface area contributed by atoms with Crippen LogP contribution in [0.4, 0.5) is 8.78 Å². The molecular weight excluding hydrogens is 857 g/mol. The SMILES string of the molecule is C[Si](C)(C)c1ccc(-c2[c-]cccc2)nc1.Fc1cccc(F)c1-c1ccc2c(c1)oc1c(-c3nc4ccccc4n3-c3ccccc3)[c-]ccc12.[Ir]. The van der Waals surface area contributed by atoms with Crippen LogP contribution < -0.4 is 5.19 Å². The van der Waals surface area contributed by atoms with Crippen LogP contribution in [0.1, 0.15) is 0 Å². The minimum Gasteiger partial charge on any atom is -0.501 e.